The molecular formula is C19H19N3O6S. The molecule has 29 heavy (non-hydrogen) atoms. The van der Waals surface area contributed by atoms with Crippen LogP contribution in [-0.4, -0.2) is 36.4 Å². The summed E-state index contributed by atoms with van der Waals surface area (Å²) < 4.78 is 23.3. The lowest BCUT2D eigenvalue weighted by atomic mass is 9.92. The molecule has 0 aliphatic carbocycles. The molecule has 0 radical (unpaired) electrons. The van der Waals surface area contributed by atoms with Crippen LogP contribution in [0.3, 0.4) is 0 Å². The molecule has 3 rings (SSSR count). The summed E-state index contributed by atoms with van der Waals surface area (Å²) in [5.74, 6) is -0.527. The molecule has 0 spiro atoms. The van der Waals surface area contributed by atoms with Crippen molar-refractivity contribution >= 4 is 27.5 Å². The SMILES string of the molecule is Cc1c(CN2C(=O)NC(C)(c3ccc(S(C)(=O)=O)cc3)C2=O)cccc1[N+](=O)[O-]. The zero-order valence-corrected chi connectivity index (χ0v) is 16.8. The second kappa shape index (κ2) is 6.96. The van der Waals surface area contributed by atoms with E-state index >= 15 is 0 Å². The van der Waals surface area contributed by atoms with E-state index in [1.807, 2.05) is 0 Å². The average molecular weight is 417 g/mol. The summed E-state index contributed by atoms with van der Waals surface area (Å²) in [6, 6.07) is 9.58. The molecule has 2 aromatic rings. The van der Waals surface area contributed by atoms with Crippen LogP contribution in [0.15, 0.2) is 47.4 Å². The molecule has 1 fully saturated rings. The first-order valence-corrected chi connectivity index (χ1v) is 10.5. The molecule has 0 bridgehead atoms. The zero-order valence-electron chi connectivity index (χ0n) is 16.0. The van der Waals surface area contributed by atoms with Crippen LogP contribution in [-0.2, 0) is 26.7 Å². The second-order valence-electron chi connectivity index (χ2n) is 7.06. The van der Waals surface area contributed by atoms with Gasteiger partial charge in [0.1, 0.15) is 5.54 Å². The third-order valence-corrected chi connectivity index (χ3v) is 6.21. The Hall–Kier alpha value is -3.27. The average Bonchev–Trinajstić information content (AvgIpc) is 2.86. The van der Waals surface area contributed by atoms with Gasteiger partial charge in [0, 0.05) is 17.9 Å². The summed E-state index contributed by atoms with van der Waals surface area (Å²) in [5, 5.41) is 13.8. The smallest absolute Gasteiger partial charge is 0.319 e. The Morgan fingerprint density at radius 3 is 2.31 bits per heavy atom. The van der Waals surface area contributed by atoms with Gasteiger partial charge in [0.25, 0.3) is 11.6 Å². The van der Waals surface area contributed by atoms with Crippen LogP contribution in [0.25, 0.3) is 0 Å². The molecule has 1 atom stereocenters. The Morgan fingerprint density at radius 1 is 1.14 bits per heavy atom. The molecule has 1 aliphatic heterocycles. The minimum Gasteiger partial charge on any atom is -0.319 e. The van der Waals surface area contributed by atoms with Crippen molar-refractivity contribution in [1.82, 2.24) is 10.2 Å². The number of rotatable bonds is 5. The third-order valence-electron chi connectivity index (χ3n) is 5.08. The van der Waals surface area contributed by atoms with E-state index in [1.54, 1.807) is 13.0 Å². The monoisotopic (exact) mass is 417 g/mol. The lowest BCUT2D eigenvalue weighted by Crippen LogP contribution is -2.40. The Kier molecular flexibility index (Phi) is 4.91. The number of hydrogen-bond donors (Lipinski definition) is 1. The fourth-order valence-corrected chi connectivity index (χ4v) is 3.91. The summed E-state index contributed by atoms with van der Waals surface area (Å²) in [6.45, 7) is 2.98. The van der Waals surface area contributed by atoms with Gasteiger partial charge in [0.2, 0.25) is 0 Å². The van der Waals surface area contributed by atoms with E-state index in [-0.39, 0.29) is 17.1 Å². The number of benzene rings is 2. The van der Waals surface area contributed by atoms with Crippen LogP contribution in [0.5, 0.6) is 0 Å². The first-order valence-electron chi connectivity index (χ1n) is 8.63. The summed E-state index contributed by atoms with van der Waals surface area (Å²) in [7, 11) is -3.39. The number of hydrogen-bond acceptors (Lipinski definition) is 6. The van der Waals surface area contributed by atoms with Crippen molar-refractivity contribution in [3.8, 4) is 0 Å². The maximum absolute atomic E-state index is 13.0. The van der Waals surface area contributed by atoms with Gasteiger partial charge in [0.05, 0.1) is 16.4 Å². The first-order chi connectivity index (χ1) is 13.4. The molecule has 1 heterocycles. The maximum atomic E-state index is 13.0. The molecule has 10 heteroatoms. The summed E-state index contributed by atoms with van der Waals surface area (Å²) >= 11 is 0. The first kappa shape index (κ1) is 20.5. The largest absolute Gasteiger partial charge is 0.325 e. The van der Waals surface area contributed by atoms with E-state index in [9.17, 15) is 28.1 Å². The van der Waals surface area contributed by atoms with Crippen molar-refractivity contribution in [1.29, 1.82) is 0 Å². The van der Waals surface area contributed by atoms with Gasteiger partial charge >= 0.3 is 6.03 Å². The van der Waals surface area contributed by atoms with Gasteiger partial charge in [-0.1, -0.05) is 24.3 Å². The van der Waals surface area contributed by atoms with Crippen LogP contribution in [0.1, 0.15) is 23.6 Å². The second-order valence-corrected chi connectivity index (χ2v) is 9.08. The van der Waals surface area contributed by atoms with Gasteiger partial charge in [-0.25, -0.2) is 13.2 Å². The number of carbonyl (C=O) groups is 2. The highest BCUT2D eigenvalue weighted by atomic mass is 32.2. The van der Waals surface area contributed by atoms with Crippen LogP contribution in [0.2, 0.25) is 0 Å². The predicted octanol–water partition coefficient (Wildman–Crippen LogP) is 2.27. The van der Waals surface area contributed by atoms with Crippen molar-refractivity contribution in [2.45, 2.75) is 30.8 Å². The van der Waals surface area contributed by atoms with Gasteiger partial charge in [-0.2, -0.15) is 0 Å². The highest BCUT2D eigenvalue weighted by Gasteiger charge is 2.49. The summed E-state index contributed by atoms with van der Waals surface area (Å²) in [4.78, 5) is 37.3. The number of carbonyl (C=O) groups excluding carboxylic acids is 2. The molecular weight excluding hydrogens is 398 g/mol. The van der Waals surface area contributed by atoms with Gasteiger partial charge in [0.15, 0.2) is 9.84 Å². The fraction of sp³-hybridized carbons (Fsp3) is 0.263. The Balaban J connectivity index is 1.92. The topological polar surface area (TPSA) is 127 Å². The minimum absolute atomic E-state index is 0.0892. The molecule has 0 saturated carbocycles. The van der Waals surface area contributed by atoms with Crippen molar-refractivity contribution in [3.05, 3.63) is 69.3 Å². The minimum atomic E-state index is -3.39. The number of nitrogens with zero attached hydrogens (tertiary/aromatic N) is 2. The van der Waals surface area contributed by atoms with E-state index < -0.39 is 32.2 Å². The number of imide groups is 1. The molecule has 3 amide bonds. The van der Waals surface area contributed by atoms with Gasteiger partial charge in [-0.3, -0.25) is 19.8 Å². The van der Waals surface area contributed by atoms with Gasteiger partial charge < -0.3 is 5.32 Å². The quantitative estimate of drug-likeness (QED) is 0.452. The normalized spacial score (nSPS) is 19.3. The lowest BCUT2D eigenvalue weighted by molar-refractivity contribution is -0.385. The molecule has 1 N–H and O–H groups in total. The van der Waals surface area contributed by atoms with Crippen molar-refractivity contribution in [2.24, 2.45) is 0 Å². The standard InChI is InChI=1S/C19H19N3O6S/c1-12-13(5-4-6-16(12)22(25)26)11-21-17(23)19(2,20-18(21)24)14-7-9-15(10-8-14)29(3,27)28/h4-10H,11H2,1-3H3,(H,20,24). The van der Waals surface area contributed by atoms with E-state index in [0.717, 1.165) is 11.2 Å². The van der Waals surface area contributed by atoms with Crippen LogP contribution < -0.4 is 5.32 Å². The summed E-state index contributed by atoms with van der Waals surface area (Å²) in [6.07, 6.45) is 1.08. The lowest BCUT2D eigenvalue weighted by Gasteiger charge is -2.22. The molecule has 2 aromatic carbocycles. The molecule has 1 unspecified atom stereocenters. The van der Waals surface area contributed by atoms with Gasteiger partial charge in [-0.15, -0.1) is 0 Å². The number of sulfone groups is 1. The molecule has 1 aliphatic rings. The third kappa shape index (κ3) is 3.58. The maximum Gasteiger partial charge on any atom is 0.325 e. The molecule has 152 valence electrons. The van der Waals surface area contributed by atoms with Crippen LogP contribution in [0, 0.1) is 17.0 Å². The van der Waals surface area contributed by atoms with E-state index in [0.29, 0.717) is 16.7 Å². The molecule has 1 saturated heterocycles. The van der Waals surface area contributed by atoms with E-state index in [2.05, 4.69) is 5.32 Å². The number of nitro benzene ring substituents is 1. The Bertz CT molecular complexity index is 1130. The van der Waals surface area contributed by atoms with Crippen molar-refractivity contribution in [2.75, 3.05) is 6.26 Å². The summed E-state index contributed by atoms with van der Waals surface area (Å²) in [5.41, 5.74) is -0.166. The van der Waals surface area contributed by atoms with Gasteiger partial charge in [-0.05, 0) is 37.1 Å². The fourth-order valence-electron chi connectivity index (χ4n) is 3.28. The van der Waals surface area contributed by atoms with Crippen LogP contribution >= 0.6 is 0 Å². The zero-order chi connectivity index (χ0) is 21.6. The van der Waals surface area contributed by atoms with Crippen molar-refractivity contribution < 1.29 is 22.9 Å². The highest BCUT2D eigenvalue weighted by molar-refractivity contribution is 7.90. The number of urea groups is 1. The van der Waals surface area contributed by atoms with Crippen LogP contribution in [0.4, 0.5) is 10.5 Å². The highest BCUT2D eigenvalue weighted by Crippen LogP contribution is 2.31. The Labute approximate surface area is 167 Å². The van der Waals surface area contributed by atoms with E-state index in [4.69, 9.17) is 0 Å². The van der Waals surface area contributed by atoms with E-state index in [1.165, 1.54) is 43.3 Å². The Morgan fingerprint density at radius 2 is 1.76 bits per heavy atom. The predicted molar refractivity (Wildman–Crippen MR) is 104 cm³/mol. The van der Waals surface area contributed by atoms with Crippen molar-refractivity contribution in [3.63, 3.8) is 0 Å². The number of nitro groups is 1. The number of nitrogens with one attached hydrogen (secondary N) is 1. The molecule has 9 nitrogen and oxygen atoms in total. The number of amides is 3. The molecule has 0 aromatic heterocycles.